The number of rotatable bonds is 8. The highest BCUT2D eigenvalue weighted by Crippen LogP contribution is 2.32. The van der Waals surface area contributed by atoms with Crippen LogP contribution in [0.2, 0.25) is 0 Å². The summed E-state index contributed by atoms with van der Waals surface area (Å²) in [4.78, 5) is 30.8. The van der Waals surface area contributed by atoms with Crippen molar-refractivity contribution in [1.82, 2.24) is 34.9 Å². The van der Waals surface area contributed by atoms with Crippen LogP contribution in [-0.4, -0.2) is 119 Å². The molecule has 4 aliphatic heterocycles. The second-order valence-electron chi connectivity index (χ2n) is 11.7. The van der Waals surface area contributed by atoms with E-state index in [0.29, 0.717) is 19.7 Å². The fraction of sp³-hybridized carbons (Fsp3) is 0.581. The topological polar surface area (TPSA) is 107 Å². The molecular formula is C31H43N7O4. The summed E-state index contributed by atoms with van der Waals surface area (Å²) in [5, 5.41) is 14.1. The SMILES string of the molecule is CN1C=C(NC(=O)N2CCC(c3ncnc4cc(OCCCN5CCCC5O)ccc34)CC2)C=CC1N1CCOCC1. The van der Waals surface area contributed by atoms with Crippen molar-refractivity contribution in [2.45, 2.75) is 50.4 Å². The Labute approximate surface area is 247 Å². The van der Waals surface area contributed by atoms with Crippen molar-refractivity contribution in [2.75, 3.05) is 66.1 Å². The van der Waals surface area contributed by atoms with Crippen molar-refractivity contribution in [3.8, 4) is 5.75 Å². The molecule has 3 saturated heterocycles. The van der Waals surface area contributed by atoms with Gasteiger partial charge in [-0.2, -0.15) is 0 Å². The highest BCUT2D eigenvalue weighted by Gasteiger charge is 2.28. The Morgan fingerprint density at radius 3 is 2.71 bits per heavy atom. The monoisotopic (exact) mass is 577 g/mol. The molecule has 226 valence electrons. The number of nitrogens with zero attached hydrogens (tertiary/aromatic N) is 6. The number of urea groups is 1. The largest absolute Gasteiger partial charge is 0.493 e. The van der Waals surface area contributed by atoms with E-state index in [2.05, 4.69) is 42.1 Å². The zero-order chi connectivity index (χ0) is 28.9. The van der Waals surface area contributed by atoms with Crippen LogP contribution in [-0.2, 0) is 4.74 Å². The van der Waals surface area contributed by atoms with Crippen LogP contribution in [0.15, 0.2) is 48.6 Å². The lowest BCUT2D eigenvalue weighted by Gasteiger charge is -2.39. The Balaban J connectivity index is 0.992. The van der Waals surface area contributed by atoms with Crippen LogP contribution in [0.1, 0.15) is 43.7 Å². The maximum Gasteiger partial charge on any atom is 0.321 e. The second-order valence-corrected chi connectivity index (χ2v) is 11.7. The molecule has 1 aromatic heterocycles. The minimum Gasteiger partial charge on any atom is -0.493 e. The number of aliphatic hydroxyl groups excluding tert-OH is 1. The predicted molar refractivity (Wildman–Crippen MR) is 160 cm³/mol. The van der Waals surface area contributed by atoms with E-state index in [9.17, 15) is 9.90 Å². The third-order valence-electron chi connectivity index (χ3n) is 8.87. The van der Waals surface area contributed by atoms with Crippen LogP contribution >= 0.6 is 0 Å². The van der Waals surface area contributed by atoms with E-state index in [4.69, 9.17) is 9.47 Å². The molecule has 0 bridgehead atoms. The molecule has 0 spiro atoms. The average molecular weight is 578 g/mol. The standard InChI is InChI=1S/C31H43N7O4/c1-35-21-24(5-8-28(35)36-15-18-41-19-16-36)34-31(40)38-13-9-23(10-14-38)30-26-7-6-25(20-27(26)32-22-33-30)42-17-3-12-37-11-2-4-29(37)39/h5-8,20-23,28-29,39H,2-4,9-19H2,1H3,(H,34,40). The number of allylic oxidation sites excluding steroid dienone is 1. The first kappa shape index (κ1) is 28.9. The summed E-state index contributed by atoms with van der Waals surface area (Å²) >= 11 is 0. The number of carbonyl (C=O) groups is 1. The van der Waals surface area contributed by atoms with Crippen molar-refractivity contribution in [2.24, 2.45) is 0 Å². The molecule has 2 aromatic rings. The first-order chi connectivity index (χ1) is 20.5. The Morgan fingerprint density at radius 2 is 1.95 bits per heavy atom. The number of amides is 2. The number of piperidine rings is 1. The Morgan fingerprint density at radius 1 is 1.12 bits per heavy atom. The number of aromatic nitrogens is 2. The third-order valence-corrected chi connectivity index (χ3v) is 8.87. The van der Waals surface area contributed by atoms with Gasteiger partial charge in [0.2, 0.25) is 0 Å². The summed E-state index contributed by atoms with van der Waals surface area (Å²) in [5.74, 6) is 1.07. The lowest BCUT2D eigenvalue weighted by molar-refractivity contribution is -0.000140. The number of nitrogens with one attached hydrogen (secondary N) is 1. The lowest BCUT2D eigenvalue weighted by Crippen LogP contribution is -2.50. The first-order valence-corrected chi connectivity index (χ1v) is 15.3. The number of hydrogen-bond acceptors (Lipinski definition) is 9. The van der Waals surface area contributed by atoms with E-state index in [0.717, 1.165) is 99.5 Å². The van der Waals surface area contributed by atoms with Crippen LogP contribution in [0.5, 0.6) is 5.75 Å². The van der Waals surface area contributed by atoms with Gasteiger partial charge in [0.15, 0.2) is 0 Å². The maximum absolute atomic E-state index is 13.1. The molecule has 3 fully saturated rings. The predicted octanol–water partition coefficient (Wildman–Crippen LogP) is 2.70. The molecule has 2 unspecified atom stereocenters. The molecule has 11 heteroatoms. The molecule has 5 heterocycles. The number of hydrogen-bond donors (Lipinski definition) is 2. The molecule has 11 nitrogen and oxygen atoms in total. The van der Waals surface area contributed by atoms with E-state index in [1.165, 1.54) is 0 Å². The van der Waals surface area contributed by atoms with Gasteiger partial charge in [0, 0.05) is 69.9 Å². The summed E-state index contributed by atoms with van der Waals surface area (Å²) in [5.41, 5.74) is 2.73. The van der Waals surface area contributed by atoms with E-state index in [-0.39, 0.29) is 24.3 Å². The van der Waals surface area contributed by atoms with Crippen molar-refractivity contribution < 1.29 is 19.4 Å². The van der Waals surface area contributed by atoms with E-state index >= 15 is 0 Å². The van der Waals surface area contributed by atoms with Crippen molar-refractivity contribution in [1.29, 1.82) is 0 Å². The van der Waals surface area contributed by atoms with Gasteiger partial charge < -0.3 is 29.7 Å². The second kappa shape index (κ2) is 13.4. The summed E-state index contributed by atoms with van der Waals surface area (Å²) in [7, 11) is 2.05. The number of aliphatic hydroxyl groups is 1. The summed E-state index contributed by atoms with van der Waals surface area (Å²) < 4.78 is 11.5. The minimum absolute atomic E-state index is 0.0591. The highest BCUT2D eigenvalue weighted by molar-refractivity contribution is 5.82. The van der Waals surface area contributed by atoms with Crippen LogP contribution < -0.4 is 10.1 Å². The Bertz CT molecular complexity index is 1290. The number of likely N-dealkylation sites (N-methyl/N-ethyl adjacent to an activating group) is 1. The van der Waals surface area contributed by atoms with E-state index in [1.807, 2.05) is 36.4 Å². The van der Waals surface area contributed by atoms with Gasteiger partial charge in [0.05, 0.1) is 36.7 Å². The van der Waals surface area contributed by atoms with Crippen LogP contribution in [0, 0.1) is 0 Å². The number of likely N-dealkylation sites (tertiary alicyclic amines) is 2. The van der Waals surface area contributed by atoms with Crippen LogP contribution in [0.4, 0.5) is 4.79 Å². The molecule has 4 aliphatic rings. The van der Waals surface area contributed by atoms with E-state index in [1.54, 1.807) is 6.33 Å². The van der Waals surface area contributed by atoms with Gasteiger partial charge in [-0.25, -0.2) is 14.8 Å². The lowest BCUT2D eigenvalue weighted by atomic mass is 9.91. The number of morpholine rings is 1. The van der Waals surface area contributed by atoms with Crippen LogP contribution in [0.25, 0.3) is 10.9 Å². The summed E-state index contributed by atoms with van der Waals surface area (Å²) in [6.45, 7) is 7.10. The summed E-state index contributed by atoms with van der Waals surface area (Å²) in [6.07, 6.45) is 12.2. The van der Waals surface area contributed by atoms with Gasteiger partial charge in [-0.3, -0.25) is 9.80 Å². The van der Waals surface area contributed by atoms with Gasteiger partial charge in [-0.1, -0.05) is 0 Å². The molecule has 2 atom stereocenters. The zero-order valence-electron chi connectivity index (χ0n) is 24.5. The number of fused-ring (bicyclic) bond motifs is 1. The van der Waals surface area contributed by atoms with Gasteiger partial charge in [0.1, 0.15) is 24.5 Å². The smallest absolute Gasteiger partial charge is 0.321 e. The molecule has 0 saturated carbocycles. The molecular weight excluding hydrogens is 534 g/mol. The van der Waals surface area contributed by atoms with Crippen LogP contribution in [0.3, 0.4) is 0 Å². The van der Waals surface area contributed by atoms with E-state index < -0.39 is 0 Å². The zero-order valence-corrected chi connectivity index (χ0v) is 24.5. The fourth-order valence-corrected chi connectivity index (χ4v) is 6.52. The number of benzene rings is 1. The van der Waals surface area contributed by atoms with Crippen molar-refractivity contribution in [3.05, 3.63) is 54.3 Å². The number of ether oxygens (including phenoxy) is 2. The van der Waals surface area contributed by atoms with Gasteiger partial charge >= 0.3 is 6.03 Å². The first-order valence-electron chi connectivity index (χ1n) is 15.3. The number of carbonyl (C=O) groups excluding carboxylic acids is 1. The van der Waals surface area contributed by atoms with Gasteiger partial charge in [-0.15, -0.1) is 0 Å². The molecule has 6 rings (SSSR count). The minimum atomic E-state index is -0.302. The molecule has 2 N–H and O–H groups in total. The molecule has 0 radical (unpaired) electrons. The molecule has 42 heavy (non-hydrogen) atoms. The quantitative estimate of drug-likeness (QED) is 0.458. The average Bonchev–Trinajstić information content (AvgIpc) is 3.43. The molecule has 1 aromatic carbocycles. The maximum atomic E-state index is 13.1. The molecule has 0 aliphatic carbocycles. The Kier molecular flexibility index (Phi) is 9.18. The fourth-order valence-electron chi connectivity index (χ4n) is 6.52. The van der Waals surface area contributed by atoms with Crippen molar-refractivity contribution in [3.63, 3.8) is 0 Å². The normalized spacial score (nSPS) is 24.3. The third kappa shape index (κ3) is 6.70. The van der Waals surface area contributed by atoms with Gasteiger partial charge in [-0.05, 0) is 56.4 Å². The highest BCUT2D eigenvalue weighted by atomic mass is 16.5. The Hall–Kier alpha value is -3.25. The summed E-state index contributed by atoms with van der Waals surface area (Å²) in [6, 6.07) is 5.98. The van der Waals surface area contributed by atoms with Crippen molar-refractivity contribution >= 4 is 16.9 Å². The molecule has 2 amide bonds. The van der Waals surface area contributed by atoms with Gasteiger partial charge in [0.25, 0.3) is 0 Å².